The number of nitrogens with zero attached hydrogens (tertiary/aromatic N) is 1. The Balaban J connectivity index is 1.72. The number of rotatable bonds is 3. The van der Waals surface area contributed by atoms with Crippen LogP contribution < -0.4 is 5.43 Å². The summed E-state index contributed by atoms with van der Waals surface area (Å²) in [4.78, 5) is 28.1. The zero-order valence-electron chi connectivity index (χ0n) is 15.7. The Morgan fingerprint density at radius 2 is 1.73 bits per heavy atom. The Morgan fingerprint density at radius 3 is 2.50 bits per heavy atom. The van der Waals surface area contributed by atoms with Gasteiger partial charge in [0.05, 0.1) is 17.0 Å². The molecule has 1 amide bonds. The molecule has 6 heteroatoms. The zero-order chi connectivity index (χ0) is 20.8. The monoisotopic (exact) mass is 401 g/mol. The molecule has 0 saturated heterocycles. The van der Waals surface area contributed by atoms with Crippen LogP contribution in [0.1, 0.15) is 33.3 Å². The van der Waals surface area contributed by atoms with Crippen molar-refractivity contribution in [2.45, 2.75) is 12.6 Å². The largest absolute Gasteiger partial charge is 0.508 e. The van der Waals surface area contributed by atoms with Crippen molar-refractivity contribution in [1.82, 2.24) is 4.90 Å². The molecule has 1 aromatic heterocycles. The van der Waals surface area contributed by atoms with Crippen molar-refractivity contribution in [3.8, 4) is 5.75 Å². The van der Waals surface area contributed by atoms with Crippen LogP contribution in [0.4, 0.5) is 4.39 Å². The van der Waals surface area contributed by atoms with Crippen molar-refractivity contribution >= 4 is 16.9 Å². The third-order valence-electron chi connectivity index (χ3n) is 5.33. The van der Waals surface area contributed by atoms with Gasteiger partial charge >= 0.3 is 0 Å². The molecule has 5 rings (SSSR count). The predicted molar refractivity (Wildman–Crippen MR) is 109 cm³/mol. The molecule has 1 atom stereocenters. The third-order valence-corrected chi connectivity index (χ3v) is 5.33. The van der Waals surface area contributed by atoms with Crippen LogP contribution in [0.2, 0.25) is 0 Å². The van der Waals surface area contributed by atoms with E-state index in [9.17, 15) is 19.1 Å². The highest BCUT2D eigenvalue weighted by molar-refractivity contribution is 5.99. The van der Waals surface area contributed by atoms with Crippen LogP contribution in [0, 0.1) is 5.82 Å². The summed E-state index contributed by atoms with van der Waals surface area (Å²) in [6, 6.07) is 18.3. The summed E-state index contributed by atoms with van der Waals surface area (Å²) >= 11 is 0. The van der Waals surface area contributed by atoms with E-state index in [2.05, 4.69) is 0 Å². The molecule has 0 fully saturated rings. The molecule has 1 N–H and O–H groups in total. The van der Waals surface area contributed by atoms with Crippen LogP contribution >= 0.6 is 0 Å². The lowest BCUT2D eigenvalue weighted by Gasteiger charge is -2.25. The van der Waals surface area contributed by atoms with Gasteiger partial charge < -0.3 is 14.4 Å². The fourth-order valence-corrected chi connectivity index (χ4v) is 3.96. The quantitative estimate of drug-likeness (QED) is 0.553. The number of carbonyl (C=O) groups is 1. The molecule has 30 heavy (non-hydrogen) atoms. The molecule has 0 aliphatic carbocycles. The summed E-state index contributed by atoms with van der Waals surface area (Å²) in [6.45, 7) is 0.152. The minimum absolute atomic E-state index is 0.00541. The van der Waals surface area contributed by atoms with E-state index in [-0.39, 0.29) is 34.9 Å². The molecule has 5 nitrogen and oxygen atoms in total. The smallest absolute Gasteiger partial charge is 0.291 e. The molecule has 0 spiro atoms. The molecule has 1 aliphatic rings. The number of hydrogen-bond acceptors (Lipinski definition) is 4. The fraction of sp³-hybridized carbons (Fsp3) is 0.0833. The van der Waals surface area contributed by atoms with Crippen LogP contribution in [0.5, 0.6) is 5.75 Å². The van der Waals surface area contributed by atoms with Gasteiger partial charge in [-0.3, -0.25) is 9.59 Å². The molecule has 0 radical (unpaired) electrons. The first kappa shape index (κ1) is 18.1. The van der Waals surface area contributed by atoms with Gasteiger partial charge in [-0.25, -0.2) is 4.39 Å². The average Bonchev–Trinajstić information content (AvgIpc) is 3.02. The van der Waals surface area contributed by atoms with Crippen molar-refractivity contribution in [2.24, 2.45) is 0 Å². The van der Waals surface area contributed by atoms with Gasteiger partial charge in [0.15, 0.2) is 5.43 Å². The highest BCUT2D eigenvalue weighted by Gasteiger charge is 2.42. The van der Waals surface area contributed by atoms with E-state index in [1.807, 2.05) is 0 Å². The number of carbonyl (C=O) groups excluding carboxylic acids is 1. The van der Waals surface area contributed by atoms with Crippen molar-refractivity contribution in [2.75, 3.05) is 0 Å². The number of halogens is 1. The Kier molecular flexibility index (Phi) is 4.13. The average molecular weight is 401 g/mol. The lowest BCUT2D eigenvalue weighted by atomic mass is 9.98. The van der Waals surface area contributed by atoms with Gasteiger partial charge in [-0.1, -0.05) is 36.4 Å². The maximum absolute atomic E-state index is 13.3. The maximum atomic E-state index is 13.3. The van der Waals surface area contributed by atoms with Gasteiger partial charge in [-0.05, 0) is 47.5 Å². The summed E-state index contributed by atoms with van der Waals surface area (Å²) < 4.78 is 19.2. The first-order valence-electron chi connectivity index (χ1n) is 9.43. The van der Waals surface area contributed by atoms with E-state index in [0.29, 0.717) is 22.1 Å². The first-order chi connectivity index (χ1) is 14.5. The lowest BCUT2D eigenvalue weighted by Crippen LogP contribution is -2.29. The Bertz CT molecular complexity index is 1340. The number of fused-ring (bicyclic) bond motifs is 2. The van der Waals surface area contributed by atoms with E-state index < -0.39 is 11.9 Å². The Labute approximate surface area is 170 Å². The number of phenolic OH excluding ortho intramolecular Hbond substituents is 1. The highest BCUT2D eigenvalue weighted by atomic mass is 19.1. The molecule has 3 aromatic carbocycles. The number of amides is 1. The predicted octanol–water partition coefficient (Wildman–Crippen LogP) is 4.38. The second-order valence-electron chi connectivity index (χ2n) is 7.23. The topological polar surface area (TPSA) is 70.8 Å². The van der Waals surface area contributed by atoms with E-state index in [1.54, 1.807) is 48.5 Å². The zero-order valence-corrected chi connectivity index (χ0v) is 15.7. The fourth-order valence-electron chi connectivity index (χ4n) is 3.96. The van der Waals surface area contributed by atoms with E-state index in [1.165, 1.54) is 29.2 Å². The van der Waals surface area contributed by atoms with Crippen molar-refractivity contribution < 1.29 is 18.7 Å². The van der Waals surface area contributed by atoms with E-state index in [0.717, 1.165) is 0 Å². The second kappa shape index (κ2) is 6.84. The Morgan fingerprint density at radius 1 is 0.967 bits per heavy atom. The van der Waals surface area contributed by atoms with E-state index in [4.69, 9.17) is 4.42 Å². The molecule has 0 unspecified atom stereocenters. The lowest BCUT2D eigenvalue weighted by molar-refractivity contribution is 0.0714. The standard InChI is InChI=1S/C24H16FNO4/c25-16-10-8-14(9-11-16)13-26-21(15-4-3-5-17(27)12-15)20-22(28)18-6-1-2-7-19(18)30-23(20)24(26)29/h1-12,21,27H,13H2/t21-/m0/s1. The summed E-state index contributed by atoms with van der Waals surface area (Å²) in [5.74, 6) is -0.776. The van der Waals surface area contributed by atoms with E-state index >= 15 is 0 Å². The van der Waals surface area contributed by atoms with Gasteiger partial charge in [0.2, 0.25) is 5.76 Å². The first-order valence-corrected chi connectivity index (χ1v) is 9.43. The van der Waals surface area contributed by atoms with Crippen LogP contribution in [-0.2, 0) is 6.54 Å². The maximum Gasteiger partial charge on any atom is 0.291 e. The van der Waals surface area contributed by atoms with Crippen LogP contribution in [-0.4, -0.2) is 15.9 Å². The molecule has 4 aromatic rings. The Hall–Kier alpha value is -3.93. The third kappa shape index (κ3) is 2.85. The van der Waals surface area contributed by atoms with Gasteiger partial charge in [0, 0.05) is 6.54 Å². The van der Waals surface area contributed by atoms with Gasteiger partial charge in [-0.15, -0.1) is 0 Å². The molecular formula is C24H16FNO4. The van der Waals surface area contributed by atoms with Crippen LogP contribution in [0.25, 0.3) is 11.0 Å². The summed E-state index contributed by atoms with van der Waals surface area (Å²) in [5.41, 5.74) is 1.60. The van der Waals surface area contributed by atoms with Crippen LogP contribution in [0.3, 0.4) is 0 Å². The van der Waals surface area contributed by atoms with Gasteiger partial charge in [0.1, 0.15) is 17.1 Å². The summed E-state index contributed by atoms with van der Waals surface area (Å²) in [6.07, 6.45) is 0. The van der Waals surface area contributed by atoms with Gasteiger partial charge in [0.25, 0.3) is 5.91 Å². The number of benzene rings is 3. The summed E-state index contributed by atoms with van der Waals surface area (Å²) in [5, 5.41) is 10.4. The van der Waals surface area contributed by atoms with Crippen LogP contribution in [0.15, 0.2) is 82.0 Å². The number of para-hydroxylation sites is 1. The van der Waals surface area contributed by atoms with Crippen molar-refractivity contribution in [1.29, 1.82) is 0 Å². The summed E-state index contributed by atoms with van der Waals surface area (Å²) in [7, 11) is 0. The number of phenols is 1. The molecule has 148 valence electrons. The SMILES string of the molecule is O=C1c2oc3ccccc3c(=O)c2[C@H](c2cccc(O)c2)N1Cc1ccc(F)cc1. The molecule has 0 saturated carbocycles. The number of hydrogen-bond donors (Lipinski definition) is 1. The highest BCUT2D eigenvalue weighted by Crippen LogP contribution is 2.39. The minimum Gasteiger partial charge on any atom is -0.508 e. The molecule has 1 aliphatic heterocycles. The molecule has 0 bridgehead atoms. The minimum atomic E-state index is -0.731. The van der Waals surface area contributed by atoms with Gasteiger partial charge in [-0.2, -0.15) is 0 Å². The number of aromatic hydroxyl groups is 1. The second-order valence-corrected chi connectivity index (χ2v) is 7.23. The normalized spacial score (nSPS) is 15.6. The molecular weight excluding hydrogens is 385 g/mol. The molecule has 2 heterocycles. The van der Waals surface area contributed by atoms with Crippen molar-refractivity contribution in [3.05, 3.63) is 111 Å². The van der Waals surface area contributed by atoms with Crippen molar-refractivity contribution in [3.63, 3.8) is 0 Å².